The third-order valence-electron chi connectivity index (χ3n) is 3.41. The minimum Gasteiger partial charge on any atom is -0.0683 e. The molecule has 0 heterocycles. The molecule has 0 unspecified atom stereocenters. The average Bonchev–Trinajstić information content (AvgIpc) is 3.15. The van der Waals surface area contributed by atoms with Crippen LogP contribution in [0, 0.1) is 10.8 Å². The molecule has 0 bridgehead atoms. The van der Waals surface area contributed by atoms with Crippen LogP contribution in [0.2, 0.25) is 0 Å². The Hall–Kier alpha value is 0.0649. The molecule has 0 aromatic rings. The van der Waals surface area contributed by atoms with Gasteiger partial charge in [-0.3, -0.25) is 0 Å². The van der Waals surface area contributed by atoms with Gasteiger partial charge in [0.05, 0.1) is 0 Å². The van der Waals surface area contributed by atoms with Gasteiger partial charge in [-0.05, 0) is 49.4 Å². The summed E-state index contributed by atoms with van der Waals surface area (Å²) in [6.45, 7) is 12.0. The van der Waals surface area contributed by atoms with Crippen molar-refractivity contribution in [3.05, 3.63) is 0 Å². The molecule has 0 aromatic heterocycles. The molecule has 0 nitrogen and oxygen atoms in total. The van der Waals surface area contributed by atoms with E-state index in [1.807, 2.05) is 41.5 Å². The monoisotopic (exact) mass is 209 g/mol. The molecule has 3 aliphatic rings. The minimum absolute atomic E-state index is 0. The largest absolute Gasteiger partial charge is 0.0683 e. The lowest BCUT2D eigenvalue weighted by Crippen LogP contribution is -2.25. The summed E-state index contributed by atoms with van der Waals surface area (Å²) in [5.74, 6) is 0. The highest BCUT2D eigenvalue weighted by atomic mass is 14.7. The van der Waals surface area contributed by atoms with E-state index in [0.717, 1.165) is 10.8 Å². The summed E-state index contributed by atoms with van der Waals surface area (Å²) in [6.07, 6.45) is 9.56. The van der Waals surface area contributed by atoms with Gasteiger partial charge in [-0.15, -0.1) is 0 Å². The van der Waals surface area contributed by atoms with Gasteiger partial charge in [0.2, 0.25) is 0 Å². The van der Waals surface area contributed by atoms with Crippen LogP contribution < -0.4 is 0 Å². The van der Waals surface area contributed by atoms with Crippen LogP contribution in [0.5, 0.6) is 0 Å². The van der Waals surface area contributed by atoms with Crippen molar-refractivity contribution in [2.24, 2.45) is 10.8 Å². The highest BCUT2D eigenvalue weighted by Gasteiger charge is 2.65. The number of hydrogen-bond donors (Lipinski definition) is 0. The Morgan fingerprint density at radius 2 is 0.733 bits per heavy atom. The highest BCUT2D eigenvalue weighted by Crippen LogP contribution is 2.77. The van der Waals surface area contributed by atoms with Gasteiger partial charge in [0.25, 0.3) is 0 Å². The van der Waals surface area contributed by atoms with Gasteiger partial charge in [-0.1, -0.05) is 41.5 Å². The van der Waals surface area contributed by atoms with E-state index in [4.69, 9.17) is 0 Å². The maximum atomic E-state index is 2.00. The van der Waals surface area contributed by atoms with Crippen molar-refractivity contribution in [2.75, 3.05) is 0 Å². The third kappa shape index (κ3) is 4.21. The van der Waals surface area contributed by atoms with Crippen LogP contribution in [-0.4, -0.2) is 8.41 Å². The zero-order chi connectivity index (χ0) is 11.2. The zero-order valence-electron chi connectivity index (χ0n) is 11.8. The Balaban J connectivity index is 0. The Morgan fingerprint density at radius 3 is 0.867 bits per heavy atom. The molecule has 0 N–H and O–H groups in total. The Labute approximate surface area is 99.8 Å². The van der Waals surface area contributed by atoms with Gasteiger partial charge in [-0.25, -0.2) is 0 Å². The van der Waals surface area contributed by atoms with Crippen molar-refractivity contribution in [1.82, 2.24) is 0 Å². The fourth-order valence-corrected chi connectivity index (χ4v) is 2.60. The first-order valence-electron chi connectivity index (χ1n) is 6.83. The zero-order valence-corrected chi connectivity index (χ0v) is 11.8. The quantitative estimate of drug-likeness (QED) is 0.490. The lowest BCUT2D eigenvalue weighted by atomic mass is 9.69. The molecule has 3 fully saturated rings. The molecular formula is C14H30B. The molecule has 0 aliphatic heterocycles. The Morgan fingerprint density at radius 1 is 0.533 bits per heavy atom. The van der Waals surface area contributed by atoms with E-state index in [2.05, 4.69) is 0 Å². The lowest BCUT2D eigenvalue weighted by molar-refractivity contribution is 0.144. The second kappa shape index (κ2) is 7.36. The summed E-state index contributed by atoms with van der Waals surface area (Å²) in [7, 11) is 0. The fourth-order valence-electron chi connectivity index (χ4n) is 2.60. The van der Waals surface area contributed by atoms with E-state index in [0.29, 0.717) is 0 Å². The van der Waals surface area contributed by atoms with Gasteiger partial charge in [0, 0.05) is 8.41 Å². The molecule has 3 radical (unpaired) electrons. The number of hydrogen-bond acceptors (Lipinski definition) is 0. The highest BCUT2D eigenvalue weighted by molar-refractivity contribution is 5.75. The lowest BCUT2D eigenvalue weighted by Gasteiger charge is -2.36. The molecule has 3 rings (SSSR count). The summed E-state index contributed by atoms with van der Waals surface area (Å²) < 4.78 is 0. The molecule has 3 aliphatic carbocycles. The predicted molar refractivity (Wildman–Crippen MR) is 72.4 cm³/mol. The normalized spacial score (nSPS) is 23.6. The summed E-state index contributed by atoms with van der Waals surface area (Å²) in [5.41, 5.74) is 1.94. The molecule has 1 heteroatoms. The van der Waals surface area contributed by atoms with Crippen LogP contribution >= 0.6 is 0 Å². The van der Waals surface area contributed by atoms with Gasteiger partial charge in [-0.2, -0.15) is 0 Å². The summed E-state index contributed by atoms with van der Waals surface area (Å²) in [6, 6.07) is 0. The van der Waals surface area contributed by atoms with E-state index >= 15 is 0 Å². The van der Waals surface area contributed by atoms with Crippen LogP contribution in [0.4, 0.5) is 0 Å². The maximum Gasteiger partial charge on any atom is 0 e. The molecule has 3 saturated carbocycles. The van der Waals surface area contributed by atoms with Crippen molar-refractivity contribution < 1.29 is 0 Å². The van der Waals surface area contributed by atoms with Crippen molar-refractivity contribution in [3.8, 4) is 0 Å². The van der Waals surface area contributed by atoms with Crippen LogP contribution in [0.1, 0.15) is 80.1 Å². The van der Waals surface area contributed by atoms with E-state index in [1.165, 1.54) is 0 Å². The Kier molecular flexibility index (Phi) is 8.56. The smallest absolute Gasteiger partial charge is 0 e. The van der Waals surface area contributed by atoms with Crippen molar-refractivity contribution in [3.63, 3.8) is 0 Å². The molecule has 0 aromatic carbocycles. The first-order valence-corrected chi connectivity index (χ1v) is 6.83. The second-order valence-electron chi connectivity index (χ2n) is 4.35. The van der Waals surface area contributed by atoms with Gasteiger partial charge >= 0.3 is 0 Å². The van der Waals surface area contributed by atoms with Crippen molar-refractivity contribution >= 4 is 8.41 Å². The van der Waals surface area contributed by atoms with Gasteiger partial charge < -0.3 is 0 Å². The SMILES string of the molecule is C1CC12CC1(CC1)C2.CC.CC.CC.[B]. The summed E-state index contributed by atoms with van der Waals surface area (Å²) in [5, 5.41) is 0. The van der Waals surface area contributed by atoms with Gasteiger partial charge in [0.1, 0.15) is 0 Å². The molecule has 0 atom stereocenters. The molecule has 89 valence electrons. The molecule has 15 heavy (non-hydrogen) atoms. The van der Waals surface area contributed by atoms with E-state index < -0.39 is 0 Å². The second-order valence-corrected chi connectivity index (χ2v) is 4.35. The van der Waals surface area contributed by atoms with Crippen LogP contribution in [-0.2, 0) is 0 Å². The topological polar surface area (TPSA) is 0 Å². The third-order valence-corrected chi connectivity index (χ3v) is 3.41. The van der Waals surface area contributed by atoms with Crippen LogP contribution in [0.3, 0.4) is 0 Å². The first kappa shape index (κ1) is 17.5. The van der Waals surface area contributed by atoms with Crippen molar-refractivity contribution in [2.45, 2.75) is 80.1 Å². The molecular weight excluding hydrogens is 179 g/mol. The van der Waals surface area contributed by atoms with Gasteiger partial charge in [0.15, 0.2) is 0 Å². The first-order chi connectivity index (χ1) is 6.83. The minimum atomic E-state index is 0. The molecule has 2 spiro atoms. The predicted octanol–water partition coefficient (Wildman–Crippen LogP) is 5.04. The Bertz CT molecular complexity index is 117. The van der Waals surface area contributed by atoms with E-state index in [1.54, 1.807) is 38.5 Å². The fraction of sp³-hybridized carbons (Fsp3) is 1.00. The summed E-state index contributed by atoms with van der Waals surface area (Å²) in [4.78, 5) is 0. The average molecular weight is 209 g/mol. The van der Waals surface area contributed by atoms with Crippen LogP contribution in [0.25, 0.3) is 0 Å². The number of rotatable bonds is 0. The van der Waals surface area contributed by atoms with Crippen LogP contribution in [0.15, 0.2) is 0 Å². The maximum absolute atomic E-state index is 2.00. The van der Waals surface area contributed by atoms with Crippen molar-refractivity contribution in [1.29, 1.82) is 0 Å². The summed E-state index contributed by atoms with van der Waals surface area (Å²) >= 11 is 0. The molecule has 0 saturated heterocycles. The van der Waals surface area contributed by atoms with E-state index in [9.17, 15) is 0 Å². The standard InChI is InChI=1S/C8H12.3C2H6.B/c1-2-7(1)5-8(6-7)3-4-8;3*1-2;/h1-6H2;3*1-2H3;. The van der Waals surface area contributed by atoms with E-state index in [-0.39, 0.29) is 8.41 Å². The molecule has 0 amide bonds.